The summed E-state index contributed by atoms with van der Waals surface area (Å²) in [6.45, 7) is 1.47. The fraction of sp³-hybridized carbons (Fsp3) is 0.615. The minimum atomic E-state index is -0.912. The quantitative estimate of drug-likeness (QED) is 0.851. The highest BCUT2D eigenvalue weighted by molar-refractivity contribution is 5.85. The Kier molecular flexibility index (Phi) is 4.17. The molecule has 1 aromatic rings. The summed E-state index contributed by atoms with van der Waals surface area (Å²) in [6, 6.07) is 4.08. The van der Waals surface area contributed by atoms with Gasteiger partial charge in [-0.15, -0.1) is 0 Å². The smallest absolute Gasteiger partial charge is 0.240 e. The van der Waals surface area contributed by atoms with Crippen molar-refractivity contribution in [2.45, 2.75) is 19.3 Å². The number of aryl methyl sites for hydroxylation is 1. The molecule has 1 aromatic heterocycles. The zero-order valence-corrected chi connectivity index (χ0v) is 11.1. The number of ether oxygens (including phenoxy) is 1. The van der Waals surface area contributed by atoms with E-state index in [4.69, 9.17) is 4.74 Å². The first-order chi connectivity index (χ1) is 9.18. The van der Waals surface area contributed by atoms with Crippen molar-refractivity contribution in [3.63, 3.8) is 0 Å². The minimum absolute atomic E-state index is 0.180. The zero-order chi connectivity index (χ0) is 13.7. The second-order valence-electron chi connectivity index (χ2n) is 4.76. The van der Waals surface area contributed by atoms with Crippen LogP contribution in [-0.4, -0.2) is 35.4 Å². The van der Waals surface area contributed by atoms with Crippen molar-refractivity contribution in [1.29, 1.82) is 5.26 Å². The van der Waals surface area contributed by atoms with Crippen molar-refractivity contribution < 1.29 is 9.53 Å². The molecule has 1 saturated heterocycles. The van der Waals surface area contributed by atoms with Crippen LogP contribution in [0, 0.1) is 16.7 Å². The second kappa shape index (κ2) is 5.85. The van der Waals surface area contributed by atoms with Crippen LogP contribution in [0.25, 0.3) is 0 Å². The van der Waals surface area contributed by atoms with Gasteiger partial charge in [-0.2, -0.15) is 10.4 Å². The zero-order valence-electron chi connectivity index (χ0n) is 11.1. The van der Waals surface area contributed by atoms with Crippen LogP contribution in [0.1, 0.15) is 18.5 Å². The van der Waals surface area contributed by atoms with Crippen LogP contribution < -0.4 is 5.32 Å². The molecule has 2 heterocycles. The second-order valence-corrected chi connectivity index (χ2v) is 4.76. The third-order valence-corrected chi connectivity index (χ3v) is 3.58. The molecule has 0 aromatic carbocycles. The Bertz CT molecular complexity index is 483. The topological polar surface area (TPSA) is 79.9 Å². The minimum Gasteiger partial charge on any atom is -0.381 e. The Morgan fingerprint density at radius 3 is 2.95 bits per heavy atom. The van der Waals surface area contributed by atoms with Crippen molar-refractivity contribution in [2.75, 3.05) is 19.8 Å². The number of hydrogen-bond donors (Lipinski definition) is 1. The maximum absolute atomic E-state index is 12.2. The Labute approximate surface area is 112 Å². The van der Waals surface area contributed by atoms with Gasteiger partial charge in [-0.05, 0) is 18.9 Å². The number of rotatable bonds is 4. The number of hydrogen-bond acceptors (Lipinski definition) is 4. The van der Waals surface area contributed by atoms with E-state index < -0.39 is 5.41 Å². The van der Waals surface area contributed by atoms with Crippen molar-refractivity contribution in [3.8, 4) is 6.07 Å². The summed E-state index contributed by atoms with van der Waals surface area (Å²) >= 11 is 0. The van der Waals surface area contributed by atoms with E-state index in [9.17, 15) is 10.1 Å². The highest BCUT2D eigenvalue weighted by atomic mass is 16.5. The van der Waals surface area contributed by atoms with E-state index in [-0.39, 0.29) is 5.91 Å². The van der Waals surface area contributed by atoms with E-state index in [0.717, 1.165) is 5.69 Å². The van der Waals surface area contributed by atoms with Crippen molar-refractivity contribution in [2.24, 2.45) is 12.5 Å². The van der Waals surface area contributed by atoms with E-state index in [1.165, 1.54) is 0 Å². The molecular weight excluding hydrogens is 244 g/mol. The normalized spacial score (nSPS) is 17.7. The predicted octanol–water partition coefficient (Wildman–Crippen LogP) is 0.399. The lowest BCUT2D eigenvalue weighted by Crippen LogP contribution is -2.44. The first-order valence-corrected chi connectivity index (χ1v) is 6.42. The summed E-state index contributed by atoms with van der Waals surface area (Å²) < 4.78 is 6.99. The number of carbonyl (C=O) groups is 1. The van der Waals surface area contributed by atoms with Crippen LogP contribution in [-0.2, 0) is 23.0 Å². The maximum Gasteiger partial charge on any atom is 0.240 e. The fourth-order valence-electron chi connectivity index (χ4n) is 2.23. The lowest BCUT2D eigenvalue weighted by Gasteiger charge is -2.29. The molecule has 0 saturated carbocycles. The molecular formula is C13H18N4O2. The van der Waals surface area contributed by atoms with Gasteiger partial charge in [0.15, 0.2) is 0 Å². The highest BCUT2D eigenvalue weighted by Crippen LogP contribution is 2.29. The maximum atomic E-state index is 12.2. The summed E-state index contributed by atoms with van der Waals surface area (Å²) in [4.78, 5) is 12.2. The van der Waals surface area contributed by atoms with Gasteiger partial charge in [-0.3, -0.25) is 9.48 Å². The van der Waals surface area contributed by atoms with Gasteiger partial charge in [0.2, 0.25) is 5.91 Å². The predicted molar refractivity (Wildman–Crippen MR) is 68.0 cm³/mol. The van der Waals surface area contributed by atoms with Crippen LogP contribution in [0.5, 0.6) is 0 Å². The van der Waals surface area contributed by atoms with Gasteiger partial charge in [0.05, 0.1) is 6.07 Å². The third-order valence-electron chi connectivity index (χ3n) is 3.58. The summed E-state index contributed by atoms with van der Waals surface area (Å²) in [5.41, 5.74) is 0.142. The molecule has 1 aliphatic rings. The van der Waals surface area contributed by atoms with Gasteiger partial charge in [0, 0.05) is 45.1 Å². The van der Waals surface area contributed by atoms with Gasteiger partial charge in [-0.25, -0.2) is 0 Å². The van der Waals surface area contributed by atoms with Gasteiger partial charge in [0.1, 0.15) is 5.41 Å². The monoisotopic (exact) mass is 262 g/mol. The number of aromatic nitrogens is 2. The number of nitriles is 1. The highest BCUT2D eigenvalue weighted by Gasteiger charge is 2.40. The Balaban J connectivity index is 1.87. The van der Waals surface area contributed by atoms with Gasteiger partial charge in [0.25, 0.3) is 0 Å². The van der Waals surface area contributed by atoms with Gasteiger partial charge >= 0.3 is 0 Å². The summed E-state index contributed by atoms with van der Waals surface area (Å²) in [6.07, 6.45) is 3.38. The summed E-state index contributed by atoms with van der Waals surface area (Å²) in [7, 11) is 1.87. The molecule has 1 aliphatic heterocycles. The van der Waals surface area contributed by atoms with Crippen molar-refractivity contribution in [1.82, 2.24) is 15.1 Å². The van der Waals surface area contributed by atoms with Crippen molar-refractivity contribution in [3.05, 3.63) is 18.0 Å². The third kappa shape index (κ3) is 2.93. The van der Waals surface area contributed by atoms with E-state index in [1.807, 2.05) is 13.1 Å². The average molecular weight is 262 g/mol. The Hall–Kier alpha value is -1.87. The molecule has 0 spiro atoms. The molecule has 6 nitrogen and oxygen atoms in total. The SMILES string of the molecule is Cn1nccc1CCNC(=O)C1(C#N)CCOCC1. The van der Waals surface area contributed by atoms with Gasteiger partial charge in [-0.1, -0.05) is 0 Å². The first-order valence-electron chi connectivity index (χ1n) is 6.42. The van der Waals surface area contributed by atoms with E-state index in [1.54, 1.807) is 10.9 Å². The average Bonchev–Trinajstić information content (AvgIpc) is 2.85. The van der Waals surface area contributed by atoms with Crippen LogP contribution in [0.3, 0.4) is 0 Å². The number of amides is 1. The lowest BCUT2D eigenvalue weighted by atomic mass is 9.81. The lowest BCUT2D eigenvalue weighted by molar-refractivity contribution is -0.132. The standard InChI is InChI=1S/C13H18N4O2/c1-17-11(3-7-16-17)2-6-15-12(18)13(10-14)4-8-19-9-5-13/h3,7H,2,4-6,8-9H2,1H3,(H,15,18). The molecule has 0 unspecified atom stereocenters. The van der Waals surface area contributed by atoms with E-state index >= 15 is 0 Å². The molecule has 1 fully saturated rings. The van der Waals surface area contributed by atoms with E-state index in [0.29, 0.717) is 39.0 Å². The van der Waals surface area contributed by atoms with E-state index in [2.05, 4.69) is 16.5 Å². The fourth-order valence-corrected chi connectivity index (χ4v) is 2.23. The molecule has 1 N–H and O–H groups in total. The van der Waals surface area contributed by atoms with Crippen molar-refractivity contribution >= 4 is 5.91 Å². The number of carbonyl (C=O) groups excluding carboxylic acids is 1. The van der Waals surface area contributed by atoms with Crippen LogP contribution in [0.15, 0.2) is 12.3 Å². The first kappa shape index (κ1) is 13.6. The van der Waals surface area contributed by atoms with Crippen LogP contribution in [0.2, 0.25) is 0 Å². The molecule has 0 bridgehead atoms. The molecule has 102 valence electrons. The summed E-state index contributed by atoms with van der Waals surface area (Å²) in [5.74, 6) is -0.180. The molecule has 2 rings (SSSR count). The molecule has 0 radical (unpaired) electrons. The molecule has 0 aliphatic carbocycles. The van der Waals surface area contributed by atoms with Gasteiger partial charge < -0.3 is 10.1 Å². The Morgan fingerprint density at radius 2 is 2.37 bits per heavy atom. The van der Waals surface area contributed by atoms with Crippen LogP contribution >= 0.6 is 0 Å². The molecule has 19 heavy (non-hydrogen) atoms. The number of nitrogens with one attached hydrogen (secondary N) is 1. The summed E-state index contributed by atoms with van der Waals surface area (Å²) in [5, 5.41) is 16.2. The molecule has 0 atom stereocenters. The van der Waals surface area contributed by atoms with Crippen LogP contribution in [0.4, 0.5) is 0 Å². The molecule has 1 amide bonds. The number of nitrogens with zero attached hydrogens (tertiary/aromatic N) is 3. The molecule has 6 heteroatoms. The Morgan fingerprint density at radius 1 is 1.63 bits per heavy atom. The largest absolute Gasteiger partial charge is 0.381 e.